The lowest BCUT2D eigenvalue weighted by atomic mass is 9.61. The van der Waals surface area contributed by atoms with Gasteiger partial charge in [0.05, 0.1) is 26.1 Å². The number of fused-ring (bicyclic) bond motifs is 2. The minimum absolute atomic E-state index is 0.250. The van der Waals surface area contributed by atoms with Gasteiger partial charge in [-0.25, -0.2) is 0 Å². The van der Waals surface area contributed by atoms with E-state index in [0.29, 0.717) is 43.3 Å². The molecule has 0 aromatic rings. The largest absolute Gasteiger partial charge is 0.347 e. The molecule has 1 heterocycles. The van der Waals surface area contributed by atoms with Crippen LogP contribution in [-0.4, -0.2) is 40.3 Å². The topological polar surface area (TPSA) is 61.8 Å². The highest BCUT2D eigenvalue weighted by Crippen LogP contribution is 2.68. The quantitative estimate of drug-likeness (QED) is 0.578. The van der Waals surface area contributed by atoms with Gasteiger partial charge in [0.1, 0.15) is 0 Å². The van der Waals surface area contributed by atoms with Crippen molar-refractivity contribution in [1.29, 1.82) is 0 Å². The van der Waals surface area contributed by atoms with E-state index in [2.05, 4.69) is 6.08 Å². The summed E-state index contributed by atoms with van der Waals surface area (Å²) in [6.07, 6.45) is 6.41. The van der Waals surface area contributed by atoms with Gasteiger partial charge in [-0.2, -0.15) is 8.42 Å². The summed E-state index contributed by atoms with van der Waals surface area (Å²) in [5.74, 6) is 1.80. The maximum atomic E-state index is 11.0. The van der Waals surface area contributed by atoms with Crippen LogP contribution in [0, 0.1) is 23.7 Å². The van der Waals surface area contributed by atoms with Crippen molar-refractivity contribution in [2.75, 3.05) is 26.1 Å². The van der Waals surface area contributed by atoms with Crippen molar-refractivity contribution in [3.63, 3.8) is 0 Å². The lowest BCUT2D eigenvalue weighted by Gasteiger charge is -2.53. The van der Waals surface area contributed by atoms with E-state index in [0.717, 1.165) is 12.7 Å². The maximum absolute atomic E-state index is 11.0. The zero-order valence-electron chi connectivity index (χ0n) is 11.6. The predicted octanol–water partition coefficient (Wildman–Crippen LogP) is 1.31. The first-order valence-corrected chi connectivity index (χ1v) is 9.16. The van der Waals surface area contributed by atoms with Gasteiger partial charge in [0, 0.05) is 11.8 Å². The molecule has 0 aromatic heterocycles. The molecular formula is C14H20O5S. The Bertz CT molecular complexity index is 546. The number of ether oxygens (including phenoxy) is 2. The van der Waals surface area contributed by atoms with Crippen LogP contribution in [-0.2, 0) is 23.8 Å². The molecule has 1 aliphatic heterocycles. The number of rotatable bonds is 4. The summed E-state index contributed by atoms with van der Waals surface area (Å²) in [5, 5.41) is 0. The molecule has 4 aliphatic rings. The minimum Gasteiger partial charge on any atom is -0.347 e. The van der Waals surface area contributed by atoms with Gasteiger partial charge in [-0.3, -0.25) is 4.18 Å². The van der Waals surface area contributed by atoms with E-state index in [1.165, 1.54) is 12.0 Å². The third kappa shape index (κ3) is 1.75. The molecular weight excluding hydrogens is 280 g/mol. The van der Waals surface area contributed by atoms with E-state index >= 15 is 0 Å². The summed E-state index contributed by atoms with van der Waals surface area (Å²) < 4.78 is 38.8. The van der Waals surface area contributed by atoms with Crippen LogP contribution < -0.4 is 0 Å². The van der Waals surface area contributed by atoms with Gasteiger partial charge >= 0.3 is 0 Å². The van der Waals surface area contributed by atoms with Gasteiger partial charge in [0.25, 0.3) is 10.1 Å². The Hall–Kier alpha value is -0.430. The molecule has 2 saturated carbocycles. The average Bonchev–Trinajstić information content (AvgIpc) is 2.98. The Morgan fingerprint density at radius 2 is 2.10 bits per heavy atom. The third-order valence-corrected chi connectivity index (χ3v) is 6.01. The molecule has 0 bridgehead atoms. The molecule has 112 valence electrons. The summed E-state index contributed by atoms with van der Waals surface area (Å²) in [6, 6.07) is 0. The van der Waals surface area contributed by atoms with Crippen LogP contribution in [0.4, 0.5) is 0 Å². The van der Waals surface area contributed by atoms with Crippen molar-refractivity contribution in [3.8, 4) is 0 Å². The first-order valence-electron chi connectivity index (χ1n) is 7.34. The highest BCUT2D eigenvalue weighted by Gasteiger charge is 2.71. The molecule has 4 atom stereocenters. The van der Waals surface area contributed by atoms with E-state index in [9.17, 15) is 8.42 Å². The van der Waals surface area contributed by atoms with E-state index in [1.54, 1.807) is 0 Å². The van der Waals surface area contributed by atoms with Gasteiger partial charge < -0.3 is 9.47 Å². The zero-order valence-corrected chi connectivity index (χ0v) is 12.4. The summed E-state index contributed by atoms with van der Waals surface area (Å²) in [6.45, 7) is 1.65. The Morgan fingerprint density at radius 1 is 1.35 bits per heavy atom. The molecule has 4 rings (SSSR count). The molecule has 3 fully saturated rings. The highest BCUT2D eigenvalue weighted by atomic mass is 32.2. The van der Waals surface area contributed by atoms with Crippen molar-refractivity contribution in [2.24, 2.45) is 23.7 Å². The van der Waals surface area contributed by atoms with Crippen LogP contribution in [0.1, 0.15) is 19.3 Å². The fourth-order valence-corrected chi connectivity index (χ4v) is 5.22. The van der Waals surface area contributed by atoms with E-state index in [4.69, 9.17) is 13.7 Å². The normalized spacial score (nSPS) is 40.8. The lowest BCUT2D eigenvalue weighted by molar-refractivity contribution is -0.298. The molecule has 5 nitrogen and oxygen atoms in total. The average molecular weight is 300 g/mol. The van der Waals surface area contributed by atoms with Gasteiger partial charge in [-0.15, -0.1) is 0 Å². The number of hydrogen-bond donors (Lipinski definition) is 0. The lowest BCUT2D eigenvalue weighted by Crippen LogP contribution is -2.60. The SMILES string of the molecule is CS(=O)(=O)OCCC1=CC2[C@@H]3C1CC[C@@H]3C21OCCO1. The Labute approximate surface area is 119 Å². The van der Waals surface area contributed by atoms with Crippen LogP contribution in [0.2, 0.25) is 0 Å². The fourth-order valence-electron chi connectivity index (χ4n) is 4.84. The minimum atomic E-state index is -3.34. The molecule has 1 spiro atoms. The Morgan fingerprint density at radius 3 is 2.80 bits per heavy atom. The third-order valence-electron chi connectivity index (χ3n) is 5.41. The van der Waals surface area contributed by atoms with Crippen LogP contribution in [0.3, 0.4) is 0 Å². The van der Waals surface area contributed by atoms with Gasteiger partial charge in [-0.1, -0.05) is 11.6 Å². The molecule has 1 saturated heterocycles. The maximum Gasteiger partial charge on any atom is 0.264 e. The first kappa shape index (κ1) is 13.2. The van der Waals surface area contributed by atoms with Gasteiger partial charge in [0.2, 0.25) is 0 Å². The van der Waals surface area contributed by atoms with Crippen molar-refractivity contribution < 1.29 is 22.1 Å². The molecule has 2 unspecified atom stereocenters. The molecule has 20 heavy (non-hydrogen) atoms. The Balaban J connectivity index is 1.48. The van der Waals surface area contributed by atoms with Crippen LogP contribution >= 0.6 is 0 Å². The fraction of sp³-hybridized carbons (Fsp3) is 0.857. The van der Waals surface area contributed by atoms with E-state index < -0.39 is 10.1 Å². The van der Waals surface area contributed by atoms with Crippen molar-refractivity contribution in [2.45, 2.75) is 25.0 Å². The van der Waals surface area contributed by atoms with E-state index in [1.807, 2.05) is 0 Å². The summed E-state index contributed by atoms with van der Waals surface area (Å²) in [7, 11) is -3.34. The molecule has 0 amide bonds. The van der Waals surface area contributed by atoms with Crippen LogP contribution in [0.5, 0.6) is 0 Å². The predicted molar refractivity (Wildman–Crippen MR) is 71.3 cm³/mol. The second kappa shape index (κ2) is 4.29. The van der Waals surface area contributed by atoms with E-state index in [-0.39, 0.29) is 12.4 Å². The molecule has 0 aromatic carbocycles. The number of hydrogen-bond acceptors (Lipinski definition) is 5. The smallest absolute Gasteiger partial charge is 0.264 e. The van der Waals surface area contributed by atoms with Crippen molar-refractivity contribution in [1.82, 2.24) is 0 Å². The second-order valence-corrected chi connectivity index (χ2v) is 7.97. The zero-order chi connectivity index (χ0) is 14.0. The van der Waals surface area contributed by atoms with Gasteiger partial charge in [-0.05, 0) is 31.1 Å². The molecule has 0 N–H and O–H groups in total. The van der Waals surface area contributed by atoms with Crippen LogP contribution in [0.15, 0.2) is 11.6 Å². The summed E-state index contributed by atoms with van der Waals surface area (Å²) in [5.41, 5.74) is 1.35. The first-order chi connectivity index (χ1) is 9.51. The molecule has 3 aliphatic carbocycles. The van der Waals surface area contributed by atoms with Gasteiger partial charge in [0.15, 0.2) is 5.79 Å². The highest BCUT2D eigenvalue weighted by molar-refractivity contribution is 7.85. The second-order valence-electron chi connectivity index (χ2n) is 6.33. The van der Waals surface area contributed by atoms with Crippen molar-refractivity contribution in [3.05, 3.63) is 11.6 Å². The van der Waals surface area contributed by atoms with Crippen molar-refractivity contribution >= 4 is 10.1 Å². The monoisotopic (exact) mass is 300 g/mol. The van der Waals surface area contributed by atoms with Crippen LogP contribution in [0.25, 0.3) is 0 Å². The molecule has 6 heteroatoms. The summed E-state index contributed by atoms with van der Waals surface area (Å²) >= 11 is 0. The Kier molecular flexibility index (Phi) is 2.84. The molecule has 0 radical (unpaired) electrons. The summed E-state index contributed by atoms with van der Waals surface area (Å²) in [4.78, 5) is 0. The standard InChI is InChI=1S/C14H20O5S/c1-20(15,16)19-5-4-9-8-12-13-10(9)2-3-11(13)14(12)17-6-7-18-14/h8,10-13H,2-7H2,1H3/t10?,11-,12?,13+/m0/s1.